The van der Waals surface area contributed by atoms with Crippen molar-refractivity contribution in [2.45, 2.75) is 0 Å². The smallest absolute Gasteiger partial charge is 0.258 e. The Morgan fingerprint density at radius 3 is 2.50 bits per heavy atom. The summed E-state index contributed by atoms with van der Waals surface area (Å²) < 4.78 is 0.991. The molecule has 0 fully saturated rings. The summed E-state index contributed by atoms with van der Waals surface area (Å²) >= 11 is 3.38. The lowest BCUT2D eigenvalue weighted by molar-refractivity contribution is -0.384. The average Bonchev–Trinajstić information content (AvgIpc) is 2.47. The van der Waals surface area contributed by atoms with E-state index in [0.29, 0.717) is 11.0 Å². The molecule has 0 radical (unpaired) electrons. The Balaban J connectivity index is 2.09. The van der Waals surface area contributed by atoms with Gasteiger partial charge < -0.3 is 0 Å². The third-order valence-corrected chi connectivity index (χ3v) is 3.41. The summed E-state index contributed by atoms with van der Waals surface area (Å²) in [7, 11) is 0. The molecule has 2 aromatic carbocycles. The fourth-order valence-corrected chi connectivity index (χ4v) is 2.14. The maximum absolute atomic E-state index is 10.7. The molecular formula is C14H8BrN3O2. The molecule has 0 saturated heterocycles. The van der Waals surface area contributed by atoms with Gasteiger partial charge >= 0.3 is 0 Å². The molecule has 0 aliphatic heterocycles. The minimum atomic E-state index is -0.441. The Bertz CT molecular complexity index is 803. The Hall–Kier alpha value is -2.34. The highest BCUT2D eigenvalue weighted by Crippen LogP contribution is 2.23. The third kappa shape index (κ3) is 2.37. The number of non-ortho nitro benzene ring substituents is 1. The van der Waals surface area contributed by atoms with Gasteiger partial charge in [-0.1, -0.05) is 28.1 Å². The van der Waals surface area contributed by atoms with E-state index in [4.69, 9.17) is 0 Å². The molecule has 0 N–H and O–H groups in total. The molecule has 0 aliphatic rings. The topological polar surface area (TPSA) is 68.9 Å². The lowest BCUT2D eigenvalue weighted by Crippen LogP contribution is -1.91. The number of hydrogen-bond acceptors (Lipinski definition) is 4. The summed E-state index contributed by atoms with van der Waals surface area (Å²) in [5.41, 5.74) is 2.85. The standard InChI is InChI=1S/C14H8BrN3O2/c15-10-3-1-9(2-4-10)14-8-16-13-7-11(18(19)20)5-6-12(13)17-14/h1-8H. The first kappa shape index (κ1) is 12.7. The van der Waals surface area contributed by atoms with Crippen LogP contribution in [0.15, 0.2) is 53.1 Å². The zero-order chi connectivity index (χ0) is 14.1. The Morgan fingerprint density at radius 2 is 1.80 bits per heavy atom. The zero-order valence-electron chi connectivity index (χ0n) is 10.2. The van der Waals surface area contributed by atoms with E-state index in [2.05, 4.69) is 25.9 Å². The van der Waals surface area contributed by atoms with E-state index in [1.165, 1.54) is 12.1 Å². The van der Waals surface area contributed by atoms with Crippen LogP contribution in [-0.2, 0) is 0 Å². The molecule has 1 aromatic heterocycles. The second-order valence-corrected chi connectivity index (χ2v) is 5.11. The Kier molecular flexibility index (Phi) is 3.15. The van der Waals surface area contributed by atoms with Crippen LogP contribution in [0.4, 0.5) is 5.69 Å². The van der Waals surface area contributed by atoms with Gasteiger partial charge in [-0.05, 0) is 18.2 Å². The van der Waals surface area contributed by atoms with Crippen molar-refractivity contribution in [3.05, 3.63) is 63.2 Å². The van der Waals surface area contributed by atoms with Gasteiger partial charge in [0, 0.05) is 22.2 Å². The van der Waals surface area contributed by atoms with Crippen LogP contribution in [0.3, 0.4) is 0 Å². The molecule has 3 rings (SSSR count). The van der Waals surface area contributed by atoms with Crippen LogP contribution in [0.5, 0.6) is 0 Å². The van der Waals surface area contributed by atoms with Crippen molar-refractivity contribution >= 4 is 32.7 Å². The van der Waals surface area contributed by atoms with Gasteiger partial charge in [-0.25, -0.2) is 4.98 Å². The minimum absolute atomic E-state index is 0.0168. The van der Waals surface area contributed by atoms with Gasteiger partial charge in [0.15, 0.2) is 0 Å². The number of hydrogen-bond donors (Lipinski definition) is 0. The molecule has 20 heavy (non-hydrogen) atoms. The van der Waals surface area contributed by atoms with Gasteiger partial charge in [-0.3, -0.25) is 15.1 Å². The van der Waals surface area contributed by atoms with Crippen molar-refractivity contribution < 1.29 is 4.92 Å². The van der Waals surface area contributed by atoms with E-state index in [1.54, 1.807) is 12.3 Å². The fraction of sp³-hybridized carbons (Fsp3) is 0. The highest BCUT2D eigenvalue weighted by atomic mass is 79.9. The van der Waals surface area contributed by atoms with Crippen LogP contribution < -0.4 is 0 Å². The molecule has 6 heteroatoms. The molecule has 0 aliphatic carbocycles. The van der Waals surface area contributed by atoms with E-state index >= 15 is 0 Å². The van der Waals surface area contributed by atoms with Crippen LogP contribution in [0.2, 0.25) is 0 Å². The van der Waals surface area contributed by atoms with E-state index in [1.807, 2.05) is 24.3 Å². The number of nitro groups is 1. The summed E-state index contributed by atoms with van der Waals surface area (Å²) in [6.07, 6.45) is 1.62. The summed E-state index contributed by atoms with van der Waals surface area (Å²) in [4.78, 5) is 19.0. The first-order valence-electron chi connectivity index (χ1n) is 5.80. The predicted molar refractivity (Wildman–Crippen MR) is 79.3 cm³/mol. The van der Waals surface area contributed by atoms with E-state index in [0.717, 1.165) is 15.7 Å². The molecule has 0 saturated carbocycles. The van der Waals surface area contributed by atoms with Crippen molar-refractivity contribution in [2.24, 2.45) is 0 Å². The second-order valence-electron chi connectivity index (χ2n) is 4.19. The van der Waals surface area contributed by atoms with Gasteiger partial charge in [0.2, 0.25) is 0 Å². The maximum Gasteiger partial charge on any atom is 0.271 e. The number of fused-ring (bicyclic) bond motifs is 1. The van der Waals surface area contributed by atoms with E-state index in [-0.39, 0.29) is 5.69 Å². The number of halogens is 1. The number of benzene rings is 2. The molecular weight excluding hydrogens is 322 g/mol. The number of nitro benzene ring substituents is 1. The molecule has 98 valence electrons. The fourth-order valence-electron chi connectivity index (χ4n) is 1.87. The zero-order valence-corrected chi connectivity index (χ0v) is 11.7. The lowest BCUT2D eigenvalue weighted by atomic mass is 10.1. The molecule has 3 aromatic rings. The second kappa shape index (κ2) is 4.97. The third-order valence-electron chi connectivity index (χ3n) is 2.88. The summed E-state index contributed by atoms with van der Waals surface area (Å²) in [5, 5.41) is 10.7. The monoisotopic (exact) mass is 329 g/mol. The molecule has 0 bridgehead atoms. The van der Waals surface area contributed by atoms with Crippen molar-refractivity contribution in [2.75, 3.05) is 0 Å². The summed E-state index contributed by atoms with van der Waals surface area (Å²) in [5.74, 6) is 0. The van der Waals surface area contributed by atoms with Gasteiger partial charge in [0.1, 0.15) is 0 Å². The molecule has 0 unspecified atom stereocenters. The molecule has 0 amide bonds. The number of rotatable bonds is 2. The lowest BCUT2D eigenvalue weighted by Gasteiger charge is -2.03. The van der Waals surface area contributed by atoms with E-state index in [9.17, 15) is 10.1 Å². The van der Waals surface area contributed by atoms with Gasteiger partial charge in [-0.15, -0.1) is 0 Å². The normalized spacial score (nSPS) is 10.7. The molecule has 0 spiro atoms. The van der Waals surface area contributed by atoms with Crippen molar-refractivity contribution in [3.63, 3.8) is 0 Å². The highest BCUT2D eigenvalue weighted by Gasteiger charge is 2.08. The number of aromatic nitrogens is 2. The van der Waals surface area contributed by atoms with Gasteiger partial charge in [0.25, 0.3) is 5.69 Å². The average molecular weight is 330 g/mol. The summed E-state index contributed by atoms with van der Waals surface area (Å²) in [6, 6.07) is 12.2. The quantitative estimate of drug-likeness (QED) is 0.527. The Labute approximate surface area is 122 Å². The molecule has 1 heterocycles. The van der Waals surface area contributed by atoms with Crippen molar-refractivity contribution in [1.82, 2.24) is 9.97 Å². The van der Waals surface area contributed by atoms with Crippen LogP contribution in [-0.4, -0.2) is 14.9 Å². The van der Waals surface area contributed by atoms with Crippen LogP contribution >= 0.6 is 15.9 Å². The number of nitrogens with zero attached hydrogens (tertiary/aromatic N) is 3. The Morgan fingerprint density at radius 1 is 1.05 bits per heavy atom. The van der Waals surface area contributed by atoms with Crippen LogP contribution in [0.25, 0.3) is 22.3 Å². The van der Waals surface area contributed by atoms with Gasteiger partial charge in [0.05, 0.1) is 27.8 Å². The van der Waals surface area contributed by atoms with E-state index < -0.39 is 4.92 Å². The maximum atomic E-state index is 10.7. The largest absolute Gasteiger partial charge is 0.271 e. The van der Waals surface area contributed by atoms with Crippen molar-refractivity contribution in [1.29, 1.82) is 0 Å². The minimum Gasteiger partial charge on any atom is -0.258 e. The van der Waals surface area contributed by atoms with Gasteiger partial charge in [-0.2, -0.15) is 0 Å². The van der Waals surface area contributed by atoms with Crippen LogP contribution in [0, 0.1) is 10.1 Å². The first-order valence-corrected chi connectivity index (χ1v) is 6.60. The highest BCUT2D eigenvalue weighted by molar-refractivity contribution is 9.10. The van der Waals surface area contributed by atoms with Crippen molar-refractivity contribution in [3.8, 4) is 11.3 Å². The molecule has 0 atom stereocenters. The summed E-state index contributed by atoms with van der Waals surface area (Å²) in [6.45, 7) is 0. The predicted octanol–water partition coefficient (Wildman–Crippen LogP) is 3.97. The first-order chi connectivity index (χ1) is 9.63. The SMILES string of the molecule is O=[N+]([O-])c1ccc2nc(-c3ccc(Br)cc3)cnc2c1. The molecule has 5 nitrogen and oxygen atoms in total. The van der Waals surface area contributed by atoms with Crippen LogP contribution in [0.1, 0.15) is 0 Å².